The summed E-state index contributed by atoms with van der Waals surface area (Å²) in [5, 5.41) is 22.2. The second kappa shape index (κ2) is 6.84. The summed E-state index contributed by atoms with van der Waals surface area (Å²) in [5.74, 6) is -0.953. The second-order valence-corrected chi connectivity index (χ2v) is 4.52. The van der Waals surface area contributed by atoms with Crippen molar-refractivity contribution in [2.24, 2.45) is 0 Å². The summed E-state index contributed by atoms with van der Waals surface area (Å²) in [6.45, 7) is -0.205. The highest BCUT2D eigenvalue weighted by atomic mass is 16.4. The van der Waals surface area contributed by atoms with E-state index in [4.69, 9.17) is 5.11 Å². The van der Waals surface area contributed by atoms with E-state index in [9.17, 15) is 9.90 Å². The molecule has 0 spiro atoms. The Balaban J connectivity index is 2.24. The van der Waals surface area contributed by atoms with Gasteiger partial charge in [0.2, 0.25) is 0 Å². The van der Waals surface area contributed by atoms with Crippen molar-refractivity contribution in [1.29, 1.82) is 0 Å². The van der Waals surface area contributed by atoms with Crippen LogP contribution in [0.4, 0.5) is 0 Å². The molecule has 3 N–H and O–H groups in total. The van der Waals surface area contributed by atoms with Gasteiger partial charge in [-0.15, -0.1) is 0 Å². The minimum Gasteiger partial charge on any atom is -0.480 e. The van der Waals surface area contributed by atoms with Crippen LogP contribution in [0.2, 0.25) is 0 Å². The average Bonchev–Trinajstić information content (AvgIpc) is 2.49. The molecule has 2 rings (SSSR count). The maximum atomic E-state index is 10.8. The van der Waals surface area contributed by atoms with E-state index < -0.39 is 18.1 Å². The minimum atomic E-state index is -0.953. The normalized spacial score (nSPS) is 13.7. The SMILES string of the molecule is O=C(O)CN[C@@H](c1ccccc1)[C@H](O)c1ccccc1. The smallest absolute Gasteiger partial charge is 0.317 e. The number of hydrogen-bond acceptors (Lipinski definition) is 3. The van der Waals surface area contributed by atoms with E-state index in [0.29, 0.717) is 0 Å². The van der Waals surface area contributed by atoms with Crippen molar-refractivity contribution in [1.82, 2.24) is 5.32 Å². The summed E-state index contributed by atoms with van der Waals surface area (Å²) in [4.78, 5) is 10.8. The predicted molar refractivity (Wildman–Crippen MR) is 76.2 cm³/mol. The lowest BCUT2D eigenvalue weighted by Crippen LogP contribution is -2.31. The molecule has 0 amide bonds. The lowest BCUT2D eigenvalue weighted by Gasteiger charge is -2.24. The third kappa shape index (κ3) is 3.66. The summed E-state index contributed by atoms with van der Waals surface area (Å²) in [5.41, 5.74) is 1.60. The molecule has 104 valence electrons. The van der Waals surface area contributed by atoms with Crippen LogP contribution >= 0.6 is 0 Å². The molecule has 0 saturated carbocycles. The van der Waals surface area contributed by atoms with Crippen LogP contribution in [0, 0.1) is 0 Å². The first kappa shape index (κ1) is 14.2. The second-order valence-electron chi connectivity index (χ2n) is 4.52. The number of aliphatic hydroxyl groups is 1. The minimum absolute atomic E-state index is 0.205. The van der Waals surface area contributed by atoms with Crippen LogP contribution in [0.5, 0.6) is 0 Å². The number of benzene rings is 2. The number of nitrogens with one attached hydrogen (secondary N) is 1. The van der Waals surface area contributed by atoms with Crippen molar-refractivity contribution >= 4 is 5.97 Å². The summed E-state index contributed by atoms with van der Waals surface area (Å²) < 4.78 is 0. The standard InChI is InChI=1S/C16H17NO3/c18-14(19)11-17-15(12-7-3-1-4-8-12)16(20)13-9-5-2-6-10-13/h1-10,15-17,20H,11H2,(H,18,19)/t15-,16+/m0/s1. The molecule has 0 fully saturated rings. The van der Waals surface area contributed by atoms with E-state index in [0.717, 1.165) is 11.1 Å². The average molecular weight is 271 g/mol. The molecule has 0 aliphatic rings. The highest BCUT2D eigenvalue weighted by Gasteiger charge is 2.22. The highest BCUT2D eigenvalue weighted by molar-refractivity contribution is 5.69. The number of rotatable bonds is 6. The first-order chi connectivity index (χ1) is 9.68. The van der Waals surface area contributed by atoms with Gasteiger partial charge in [-0.3, -0.25) is 10.1 Å². The van der Waals surface area contributed by atoms with Gasteiger partial charge in [-0.2, -0.15) is 0 Å². The fraction of sp³-hybridized carbons (Fsp3) is 0.188. The lowest BCUT2D eigenvalue weighted by molar-refractivity contribution is -0.136. The molecule has 4 nitrogen and oxygen atoms in total. The van der Waals surface area contributed by atoms with E-state index in [1.54, 1.807) is 0 Å². The zero-order valence-corrected chi connectivity index (χ0v) is 10.9. The maximum Gasteiger partial charge on any atom is 0.317 e. The summed E-state index contributed by atoms with van der Waals surface area (Å²) in [7, 11) is 0. The van der Waals surface area contributed by atoms with E-state index in [1.165, 1.54) is 0 Å². The zero-order chi connectivity index (χ0) is 14.4. The Labute approximate surface area is 117 Å². The molecule has 20 heavy (non-hydrogen) atoms. The van der Waals surface area contributed by atoms with E-state index in [1.807, 2.05) is 60.7 Å². The maximum absolute atomic E-state index is 10.8. The zero-order valence-electron chi connectivity index (χ0n) is 10.9. The van der Waals surface area contributed by atoms with Crippen LogP contribution in [0.25, 0.3) is 0 Å². The number of hydrogen-bond donors (Lipinski definition) is 3. The van der Waals surface area contributed by atoms with Crippen LogP contribution in [0.15, 0.2) is 60.7 Å². The fourth-order valence-corrected chi connectivity index (χ4v) is 2.11. The summed E-state index contributed by atoms with van der Waals surface area (Å²) in [6.07, 6.45) is -0.807. The number of carbonyl (C=O) groups is 1. The first-order valence-corrected chi connectivity index (χ1v) is 6.41. The van der Waals surface area contributed by atoms with Gasteiger partial charge in [-0.05, 0) is 11.1 Å². The van der Waals surface area contributed by atoms with Gasteiger partial charge in [0.05, 0.1) is 18.7 Å². The number of aliphatic carboxylic acids is 1. The molecule has 0 bridgehead atoms. The van der Waals surface area contributed by atoms with Gasteiger partial charge in [-0.25, -0.2) is 0 Å². The van der Waals surface area contributed by atoms with Crippen LogP contribution in [-0.4, -0.2) is 22.7 Å². The first-order valence-electron chi connectivity index (χ1n) is 6.41. The molecule has 2 aromatic carbocycles. The molecular formula is C16H17NO3. The fourth-order valence-electron chi connectivity index (χ4n) is 2.11. The molecule has 4 heteroatoms. The van der Waals surface area contributed by atoms with Crippen molar-refractivity contribution in [3.63, 3.8) is 0 Å². The topological polar surface area (TPSA) is 69.6 Å². The highest BCUT2D eigenvalue weighted by Crippen LogP contribution is 2.28. The molecule has 0 aliphatic carbocycles. The van der Waals surface area contributed by atoms with E-state index in [2.05, 4.69) is 5.32 Å². The largest absolute Gasteiger partial charge is 0.480 e. The van der Waals surface area contributed by atoms with E-state index >= 15 is 0 Å². The van der Waals surface area contributed by atoms with Crippen LogP contribution in [0.3, 0.4) is 0 Å². The van der Waals surface area contributed by atoms with Crippen molar-refractivity contribution < 1.29 is 15.0 Å². The Hall–Kier alpha value is -2.17. The van der Waals surface area contributed by atoms with Crippen LogP contribution in [-0.2, 0) is 4.79 Å². The molecule has 0 aromatic heterocycles. The molecule has 0 unspecified atom stereocenters. The molecular weight excluding hydrogens is 254 g/mol. The Bertz CT molecular complexity index is 542. The number of carboxylic acid groups (broad SMARTS) is 1. The molecule has 0 radical (unpaired) electrons. The molecule has 2 atom stereocenters. The Morgan fingerprint density at radius 2 is 1.45 bits per heavy atom. The van der Waals surface area contributed by atoms with Gasteiger partial charge in [0.1, 0.15) is 0 Å². The van der Waals surface area contributed by atoms with Crippen molar-refractivity contribution in [2.45, 2.75) is 12.1 Å². The molecule has 0 saturated heterocycles. The van der Waals surface area contributed by atoms with Gasteiger partial charge in [0.15, 0.2) is 0 Å². The third-order valence-electron chi connectivity index (χ3n) is 3.09. The number of aliphatic hydroxyl groups excluding tert-OH is 1. The molecule has 0 aliphatic heterocycles. The predicted octanol–water partition coefficient (Wildman–Crippen LogP) is 2.14. The molecule has 0 heterocycles. The van der Waals surface area contributed by atoms with Crippen LogP contribution < -0.4 is 5.32 Å². The van der Waals surface area contributed by atoms with Gasteiger partial charge in [0, 0.05) is 0 Å². The number of carboxylic acids is 1. The van der Waals surface area contributed by atoms with Crippen molar-refractivity contribution in [3.05, 3.63) is 71.8 Å². The van der Waals surface area contributed by atoms with Gasteiger partial charge in [-0.1, -0.05) is 60.7 Å². The van der Waals surface area contributed by atoms with Crippen molar-refractivity contribution in [2.75, 3.05) is 6.54 Å². The van der Waals surface area contributed by atoms with Gasteiger partial charge in [0.25, 0.3) is 0 Å². The Morgan fingerprint density at radius 1 is 0.950 bits per heavy atom. The Kier molecular flexibility index (Phi) is 4.87. The van der Waals surface area contributed by atoms with Gasteiger partial charge >= 0.3 is 5.97 Å². The monoisotopic (exact) mass is 271 g/mol. The van der Waals surface area contributed by atoms with Crippen LogP contribution in [0.1, 0.15) is 23.3 Å². The third-order valence-corrected chi connectivity index (χ3v) is 3.09. The van der Waals surface area contributed by atoms with Gasteiger partial charge < -0.3 is 10.2 Å². The quantitative estimate of drug-likeness (QED) is 0.753. The molecule has 2 aromatic rings. The summed E-state index contributed by atoms with van der Waals surface area (Å²) in [6, 6.07) is 18.1. The van der Waals surface area contributed by atoms with E-state index in [-0.39, 0.29) is 6.54 Å². The summed E-state index contributed by atoms with van der Waals surface area (Å²) >= 11 is 0. The van der Waals surface area contributed by atoms with Crippen molar-refractivity contribution in [3.8, 4) is 0 Å². The Morgan fingerprint density at radius 3 is 1.95 bits per heavy atom. The lowest BCUT2D eigenvalue weighted by atomic mass is 9.96.